The summed E-state index contributed by atoms with van der Waals surface area (Å²) >= 11 is 0. The molecule has 0 atom stereocenters. The summed E-state index contributed by atoms with van der Waals surface area (Å²) in [6.45, 7) is 9.14. The molecular weight excluding hydrogens is 262 g/mol. The number of hydrogen-bond donors (Lipinski definition) is 1. The smallest absolute Gasteiger partial charge is 0.165 e. The first-order chi connectivity index (χ1) is 10.1. The predicted molar refractivity (Wildman–Crippen MR) is 87.0 cm³/mol. The normalized spacial score (nSPS) is 10.5. The Bertz CT molecular complexity index is 638. The second-order valence-corrected chi connectivity index (χ2v) is 5.24. The lowest BCUT2D eigenvalue weighted by atomic mass is 10.1. The quantitative estimate of drug-likeness (QED) is 0.905. The first-order valence-corrected chi connectivity index (χ1v) is 7.31. The van der Waals surface area contributed by atoms with Crippen LogP contribution in [0.1, 0.15) is 30.2 Å². The number of hydrogen-bond acceptors (Lipinski definition) is 4. The van der Waals surface area contributed by atoms with E-state index < -0.39 is 0 Å². The number of nitrogens with one attached hydrogen (secondary N) is 1. The van der Waals surface area contributed by atoms with Gasteiger partial charge in [-0.05, 0) is 44.9 Å². The molecule has 1 aromatic carbocycles. The van der Waals surface area contributed by atoms with Gasteiger partial charge in [-0.25, -0.2) is 9.97 Å². The molecule has 0 radical (unpaired) electrons. The molecule has 1 heterocycles. The number of aromatic nitrogens is 2. The van der Waals surface area contributed by atoms with Crippen molar-refractivity contribution in [1.82, 2.24) is 9.97 Å². The van der Waals surface area contributed by atoms with Crippen LogP contribution in [0.2, 0.25) is 0 Å². The topological polar surface area (TPSA) is 47.0 Å². The van der Waals surface area contributed by atoms with Crippen molar-refractivity contribution in [2.45, 2.75) is 34.1 Å². The lowest BCUT2D eigenvalue weighted by molar-refractivity contribution is 0.416. The molecule has 0 aliphatic heterocycles. The Labute approximate surface area is 126 Å². The van der Waals surface area contributed by atoms with E-state index in [9.17, 15) is 0 Å². The Hall–Kier alpha value is -2.10. The zero-order valence-corrected chi connectivity index (χ0v) is 13.4. The van der Waals surface area contributed by atoms with Crippen LogP contribution in [-0.4, -0.2) is 23.6 Å². The number of aryl methyl sites for hydroxylation is 2. The van der Waals surface area contributed by atoms with Gasteiger partial charge >= 0.3 is 0 Å². The summed E-state index contributed by atoms with van der Waals surface area (Å²) in [7, 11) is 1.68. The third-order valence-electron chi connectivity index (χ3n) is 3.53. The Morgan fingerprint density at radius 3 is 2.57 bits per heavy atom. The molecule has 0 bridgehead atoms. The van der Waals surface area contributed by atoms with E-state index in [-0.39, 0.29) is 0 Å². The van der Waals surface area contributed by atoms with Crippen LogP contribution in [0.3, 0.4) is 0 Å². The number of rotatable bonds is 5. The molecule has 0 unspecified atom stereocenters. The fourth-order valence-electron chi connectivity index (χ4n) is 2.15. The highest BCUT2D eigenvalue weighted by molar-refractivity contribution is 5.67. The Kier molecular flexibility index (Phi) is 4.78. The molecule has 1 aromatic heterocycles. The molecule has 0 amide bonds. The summed E-state index contributed by atoms with van der Waals surface area (Å²) in [5.74, 6) is 2.41. The van der Waals surface area contributed by atoms with Crippen molar-refractivity contribution in [1.29, 1.82) is 0 Å². The maximum atomic E-state index is 5.47. The van der Waals surface area contributed by atoms with Gasteiger partial charge in [-0.3, -0.25) is 0 Å². The van der Waals surface area contributed by atoms with Crippen molar-refractivity contribution in [3.63, 3.8) is 0 Å². The molecular formula is C17H23N3O. The lowest BCUT2D eigenvalue weighted by Gasteiger charge is -2.14. The van der Waals surface area contributed by atoms with E-state index in [1.165, 1.54) is 0 Å². The van der Waals surface area contributed by atoms with Gasteiger partial charge in [-0.1, -0.05) is 13.0 Å². The number of anilines is 1. The summed E-state index contributed by atoms with van der Waals surface area (Å²) in [5.41, 5.74) is 4.16. The standard InChI is InChI=1S/C17H23N3O/c1-6-9-18-16-12(3)13(4)19-17(20-16)14-8-7-11(2)10-15(14)21-5/h7-8,10H,6,9H2,1-5H3,(H,18,19,20). The third kappa shape index (κ3) is 3.32. The largest absolute Gasteiger partial charge is 0.496 e. The summed E-state index contributed by atoms with van der Waals surface area (Å²) < 4.78 is 5.47. The first-order valence-electron chi connectivity index (χ1n) is 7.31. The average molecular weight is 285 g/mol. The van der Waals surface area contributed by atoms with E-state index in [0.29, 0.717) is 5.82 Å². The van der Waals surface area contributed by atoms with E-state index in [1.807, 2.05) is 32.9 Å². The molecule has 2 rings (SSSR count). The van der Waals surface area contributed by atoms with Gasteiger partial charge in [0.25, 0.3) is 0 Å². The minimum atomic E-state index is 0.702. The molecule has 4 heteroatoms. The van der Waals surface area contributed by atoms with Crippen LogP contribution < -0.4 is 10.1 Å². The van der Waals surface area contributed by atoms with E-state index in [1.54, 1.807) is 7.11 Å². The van der Waals surface area contributed by atoms with Gasteiger partial charge in [-0.2, -0.15) is 0 Å². The predicted octanol–water partition coefficient (Wildman–Crippen LogP) is 3.90. The summed E-state index contributed by atoms with van der Waals surface area (Å²) in [5, 5.41) is 3.37. The van der Waals surface area contributed by atoms with Crippen molar-refractivity contribution >= 4 is 5.82 Å². The van der Waals surface area contributed by atoms with Crippen LogP contribution in [0.15, 0.2) is 18.2 Å². The van der Waals surface area contributed by atoms with Crippen LogP contribution in [0, 0.1) is 20.8 Å². The summed E-state index contributed by atoms with van der Waals surface area (Å²) in [6, 6.07) is 6.07. The molecule has 112 valence electrons. The molecule has 1 N–H and O–H groups in total. The van der Waals surface area contributed by atoms with Gasteiger partial charge in [0.05, 0.1) is 12.7 Å². The molecule has 0 fully saturated rings. The van der Waals surface area contributed by atoms with Crippen LogP contribution in [0.25, 0.3) is 11.4 Å². The fraction of sp³-hybridized carbons (Fsp3) is 0.412. The highest BCUT2D eigenvalue weighted by atomic mass is 16.5. The minimum Gasteiger partial charge on any atom is -0.496 e. The fourth-order valence-corrected chi connectivity index (χ4v) is 2.15. The van der Waals surface area contributed by atoms with Gasteiger partial charge in [0.1, 0.15) is 11.6 Å². The maximum absolute atomic E-state index is 5.47. The van der Waals surface area contributed by atoms with Crippen LogP contribution >= 0.6 is 0 Å². The molecule has 4 nitrogen and oxygen atoms in total. The van der Waals surface area contributed by atoms with Crippen molar-refractivity contribution in [2.24, 2.45) is 0 Å². The zero-order valence-electron chi connectivity index (χ0n) is 13.4. The Morgan fingerprint density at radius 1 is 1.14 bits per heavy atom. The van der Waals surface area contributed by atoms with Gasteiger partial charge in [0.2, 0.25) is 0 Å². The second kappa shape index (κ2) is 6.57. The monoisotopic (exact) mass is 285 g/mol. The Balaban J connectivity index is 2.51. The number of benzene rings is 1. The van der Waals surface area contributed by atoms with Crippen LogP contribution in [0.5, 0.6) is 5.75 Å². The molecule has 0 spiro atoms. The molecule has 21 heavy (non-hydrogen) atoms. The van der Waals surface area contributed by atoms with Gasteiger partial charge < -0.3 is 10.1 Å². The molecule has 0 aliphatic rings. The van der Waals surface area contributed by atoms with Crippen LogP contribution in [0.4, 0.5) is 5.82 Å². The van der Waals surface area contributed by atoms with Crippen molar-refractivity contribution in [3.05, 3.63) is 35.0 Å². The van der Waals surface area contributed by atoms with Crippen molar-refractivity contribution < 1.29 is 4.74 Å². The SMILES string of the molecule is CCCNc1nc(-c2ccc(C)cc2OC)nc(C)c1C. The Morgan fingerprint density at radius 2 is 1.90 bits per heavy atom. The van der Waals surface area contributed by atoms with E-state index in [2.05, 4.69) is 28.3 Å². The van der Waals surface area contributed by atoms with Gasteiger partial charge in [-0.15, -0.1) is 0 Å². The number of methoxy groups -OCH3 is 1. The van der Waals surface area contributed by atoms with Crippen LogP contribution in [-0.2, 0) is 0 Å². The second-order valence-electron chi connectivity index (χ2n) is 5.24. The first kappa shape index (κ1) is 15.3. The molecule has 0 aliphatic carbocycles. The van der Waals surface area contributed by atoms with E-state index in [4.69, 9.17) is 4.74 Å². The van der Waals surface area contributed by atoms with Crippen molar-refractivity contribution in [3.8, 4) is 17.1 Å². The summed E-state index contributed by atoms with van der Waals surface area (Å²) in [6.07, 6.45) is 1.06. The lowest BCUT2D eigenvalue weighted by Crippen LogP contribution is -2.08. The van der Waals surface area contributed by atoms with E-state index >= 15 is 0 Å². The zero-order chi connectivity index (χ0) is 15.4. The van der Waals surface area contributed by atoms with Crippen molar-refractivity contribution in [2.75, 3.05) is 19.0 Å². The van der Waals surface area contributed by atoms with Gasteiger partial charge in [0.15, 0.2) is 5.82 Å². The molecule has 0 saturated heterocycles. The number of ether oxygens (including phenoxy) is 1. The number of nitrogens with zero attached hydrogens (tertiary/aromatic N) is 2. The molecule has 2 aromatic rings. The highest BCUT2D eigenvalue weighted by Gasteiger charge is 2.13. The van der Waals surface area contributed by atoms with Gasteiger partial charge in [0, 0.05) is 17.8 Å². The summed E-state index contributed by atoms with van der Waals surface area (Å²) in [4.78, 5) is 9.30. The maximum Gasteiger partial charge on any atom is 0.165 e. The minimum absolute atomic E-state index is 0.702. The highest BCUT2D eigenvalue weighted by Crippen LogP contribution is 2.30. The third-order valence-corrected chi connectivity index (χ3v) is 3.53. The molecule has 0 saturated carbocycles. The van der Waals surface area contributed by atoms with E-state index in [0.717, 1.165) is 46.9 Å². The average Bonchev–Trinajstić information content (AvgIpc) is 2.48.